The summed E-state index contributed by atoms with van der Waals surface area (Å²) in [6.07, 6.45) is 4.34. The molecule has 2 N–H and O–H groups in total. The minimum Gasteiger partial charge on any atom is -0.425 e. The van der Waals surface area contributed by atoms with Crippen LogP contribution in [-0.4, -0.2) is 29.8 Å². The van der Waals surface area contributed by atoms with Crippen molar-refractivity contribution in [2.24, 2.45) is 0 Å². The van der Waals surface area contributed by atoms with E-state index in [4.69, 9.17) is 14.8 Å². The van der Waals surface area contributed by atoms with Gasteiger partial charge in [-0.3, -0.25) is 0 Å². The molecule has 1 heterocycles. The van der Waals surface area contributed by atoms with Gasteiger partial charge in [0.05, 0.1) is 12.6 Å². The molecule has 0 saturated carbocycles. The largest absolute Gasteiger partial charge is 0.482 e. The van der Waals surface area contributed by atoms with Gasteiger partial charge < -0.3 is 14.8 Å². The van der Waals surface area contributed by atoms with Crippen LogP contribution in [0.1, 0.15) is 6.42 Å². The van der Waals surface area contributed by atoms with Crippen molar-refractivity contribution < 1.29 is 14.8 Å². The van der Waals surface area contributed by atoms with Gasteiger partial charge in [0.15, 0.2) is 0 Å². The number of ether oxygens (including phenoxy) is 1. The fourth-order valence-electron chi connectivity index (χ4n) is 0.753. The monoisotopic (exact) mass is 128 g/mol. The van der Waals surface area contributed by atoms with Crippen LogP contribution in [0.15, 0.2) is 12.2 Å². The van der Waals surface area contributed by atoms with Crippen LogP contribution in [0.2, 0.25) is 0 Å². The van der Waals surface area contributed by atoms with Gasteiger partial charge in [0.1, 0.15) is 0 Å². The summed E-state index contributed by atoms with van der Waals surface area (Å²) in [4.78, 5) is 0. The number of hydrogen-bond donors (Lipinski definition) is 2. The molecule has 3 nitrogen and oxygen atoms in total. The first-order valence-electron chi connectivity index (χ1n) is 2.93. The summed E-state index contributed by atoms with van der Waals surface area (Å²) in [7, 11) is -1.34. The van der Waals surface area contributed by atoms with Crippen LogP contribution in [-0.2, 0) is 4.74 Å². The van der Waals surface area contributed by atoms with Crippen LogP contribution in [0.25, 0.3) is 0 Å². The Hall–Kier alpha value is -0.315. The SMILES string of the molecule is OB(O)C1CC=CCO1. The maximum Gasteiger partial charge on any atom is 0.482 e. The van der Waals surface area contributed by atoms with E-state index in [-0.39, 0.29) is 0 Å². The topological polar surface area (TPSA) is 49.7 Å². The molecule has 0 aromatic rings. The molecule has 0 aliphatic carbocycles. The van der Waals surface area contributed by atoms with E-state index in [1.54, 1.807) is 0 Å². The fourth-order valence-corrected chi connectivity index (χ4v) is 0.753. The van der Waals surface area contributed by atoms with E-state index in [9.17, 15) is 0 Å². The molecule has 9 heavy (non-hydrogen) atoms. The maximum absolute atomic E-state index is 8.57. The standard InChI is InChI=1S/C5H9BO3/c7-6(8)5-3-1-2-4-9-5/h1-2,5,7-8H,3-4H2. The Morgan fingerprint density at radius 2 is 2.22 bits per heavy atom. The summed E-state index contributed by atoms with van der Waals surface area (Å²) < 4.78 is 4.95. The molecule has 1 atom stereocenters. The second kappa shape index (κ2) is 3.01. The van der Waals surface area contributed by atoms with Crippen molar-refractivity contribution in [3.8, 4) is 0 Å². The molecule has 0 bridgehead atoms. The van der Waals surface area contributed by atoms with Crippen LogP contribution in [0.4, 0.5) is 0 Å². The molecule has 0 aromatic carbocycles. The Balaban J connectivity index is 2.35. The molecule has 1 aliphatic heterocycles. The fraction of sp³-hybridized carbons (Fsp3) is 0.600. The number of hydrogen-bond acceptors (Lipinski definition) is 3. The smallest absolute Gasteiger partial charge is 0.425 e. The molecule has 0 aromatic heterocycles. The van der Waals surface area contributed by atoms with Gasteiger partial charge in [0.25, 0.3) is 0 Å². The molecule has 50 valence electrons. The van der Waals surface area contributed by atoms with Crippen LogP contribution >= 0.6 is 0 Å². The van der Waals surface area contributed by atoms with Gasteiger partial charge in [0, 0.05) is 0 Å². The second-order valence-electron chi connectivity index (χ2n) is 1.99. The summed E-state index contributed by atoms with van der Waals surface area (Å²) in [5, 5.41) is 17.1. The Labute approximate surface area is 54.1 Å². The van der Waals surface area contributed by atoms with Gasteiger partial charge >= 0.3 is 7.12 Å². The highest BCUT2D eigenvalue weighted by atomic mass is 16.5. The lowest BCUT2D eigenvalue weighted by atomic mass is 9.79. The Morgan fingerprint density at radius 1 is 1.44 bits per heavy atom. The van der Waals surface area contributed by atoms with E-state index in [0.717, 1.165) is 0 Å². The first-order valence-corrected chi connectivity index (χ1v) is 2.93. The highest BCUT2D eigenvalue weighted by molar-refractivity contribution is 6.42. The van der Waals surface area contributed by atoms with E-state index >= 15 is 0 Å². The van der Waals surface area contributed by atoms with Gasteiger partial charge in [-0.2, -0.15) is 0 Å². The van der Waals surface area contributed by atoms with Crippen molar-refractivity contribution in [3.63, 3.8) is 0 Å². The summed E-state index contributed by atoms with van der Waals surface area (Å²) in [5.41, 5.74) is 0. The summed E-state index contributed by atoms with van der Waals surface area (Å²) in [6, 6.07) is -0.421. The van der Waals surface area contributed by atoms with E-state index < -0.39 is 13.1 Å². The normalized spacial score (nSPS) is 26.2. The van der Waals surface area contributed by atoms with Crippen molar-refractivity contribution in [2.45, 2.75) is 12.4 Å². The third-order valence-corrected chi connectivity index (χ3v) is 1.27. The van der Waals surface area contributed by atoms with Crippen molar-refractivity contribution in [1.82, 2.24) is 0 Å². The van der Waals surface area contributed by atoms with E-state index in [2.05, 4.69) is 0 Å². The number of rotatable bonds is 1. The van der Waals surface area contributed by atoms with Gasteiger partial charge in [-0.05, 0) is 6.42 Å². The highest BCUT2D eigenvalue weighted by Gasteiger charge is 2.23. The summed E-state index contributed by atoms with van der Waals surface area (Å²) in [5.74, 6) is 0. The molecular weight excluding hydrogens is 119 g/mol. The summed E-state index contributed by atoms with van der Waals surface area (Å²) in [6.45, 7) is 0.488. The Kier molecular flexibility index (Phi) is 2.27. The predicted molar refractivity (Wildman–Crippen MR) is 33.7 cm³/mol. The zero-order valence-corrected chi connectivity index (χ0v) is 5.03. The van der Waals surface area contributed by atoms with Gasteiger partial charge in [-0.15, -0.1) is 0 Å². The molecule has 1 unspecified atom stereocenters. The Bertz CT molecular complexity index is 113. The molecular formula is C5H9BO3. The molecule has 4 heteroatoms. The third kappa shape index (κ3) is 1.82. The van der Waals surface area contributed by atoms with Crippen LogP contribution in [0.5, 0.6) is 0 Å². The van der Waals surface area contributed by atoms with Crippen LogP contribution in [0, 0.1) is 0 Å². The van der Waals surface area contributed by atoms with Crippen molar-refractivity contribution in [3.05, 3.63) is 12.2 Å². The molecule has 0 saturated heterocycles. The maximum atomic E-state index is 8.57. The van der Waals surface area contributed by atoms with Gasteiger partial charge in [0.2, 0.25) is 0 Å². The lowest BCUT2D eigenvalue weighted by molar-refractivity contribution is 0.0956. The van der Waals surface area contributed by atoms with Gasteiger partial charge in [-0.1, -0.05) is 12.2 Å². The summed E-state index contributed by atoms with van der Waals surface area (Å²) >= 11 is 0. The van der Waals surface area contributed by atoms with Crippen LogP contribution in [0.3, 0.4) is 0 Å². The average Bonchev–Trinajstić information content (AvgIpc) is 1.90. The third-order valence-electron chi connectivity index (χ3n) is 1.27. The molecule has 0 radical (unpaired) electrons. The minimum atomic E-state index is -1.34. The van der Waals surface area contributed by atoms with E-state index in [1.165, 1.54) is 0 Å². The van der Waals surface area contributed by atoms with Crippen molar-refractivity contribution in [1.29, 1.82) is 0 Å². The average molecular weight is 128 g/mol. The lowest BCUT2D eigenvalue weighted by Crippen LogP contribution is -2.34. The van der Waals surface area contributed by atoms with Gasteiger partial charge in [-0.25, -0.2) is 0 Å². The van der Waals surface area contributed by atoms with E-state index in [1.807, 2.05) is 12.2 Å². The predicted octanol–water partition coefficient (Wildman–Crippen LogP) is -0.657. The minimum absolute atomic E-state index is 0.421. The molecule has 0 amide bonds. The zero-order valence-electron chi connectivity index (χ0n) is 5.03. The molecule has 1 aliphatic rings. The molecule has 0 fully saturated rings. The zero-order chi connectivity index (χ0) is 6.69. The lowest BCUT2D eigenvalue weighted by Gasteiger charge is -2.16. The quantitative estimate of drug-likeness (QED) is 0.364. The molecule has 1 rings (SSSR count). The van der Waals surface area contributed by atoms with Crippen molar-refractivity contribution in [2.75, 3.05) is 6.61 Å². The highest BCUT2D eigenvalue weighted by Crippen LogP contribution is 2.05. The van der Waals surface area contributed by atoms with Crippen molar-refractivity contribution >= 4 is 7.12 Å². The second-order valence-corrected chi connectivity index (χ2v) is 1.99. The van der Waals surface area contributed by atoms with E-state index in [0.29, 0.717) is 13.0 Å². The molecule has 0 spiro atoms. The van der Waals surface area contributed by atoms with Crippen LogP contribution < -0.4 is 0 Å². The first kappa shape index (κ1) is 6.80. The Morgan fingerprint density at radius 3 is 2.56 bits per heavy atom. The first-order chi connectivity index (χ1) is 4.30.